The molecular formula is C26H47NO6. The smallest absolute Gasteiger partial charge is 0.306 e. The van der Waals surface area contributed by atoms with E-state index >= 15 is 0 Å². The van der Waals surface area contributed by atoms with Crippen LogP contribution in [0.5, 0.6) is 0 Å². The number of carbonyl (C=O) groups is 3. The molecule has 0 spiro atoms. The summed E-state index contributed by atoms with van der Waals surface area (Å²) in [5.74, 6) is -4.34. The van der Waals surface area contributed by atoms with Crippen LogP contribution in [0.1, 0.15) is 91.4 Å². The molecule has 0 radical (unpaired) electrons. The van der Waals surface area contributed by atoms with Crippen LogP contribution in [-0.4, -0.2) is 58.8 Å². The molecule has 0 fully saturated rings. The first-order valence-corrected chi connectivity index (χ1v) is 12.7. The summed E-state index contributed by atoms with van der Waals surface area (Å²) in [4.78, 5) is 34.0. The van der Waals surface area contributed by atoms with Gasteiger partial charge in [0.1, 0.15) is 0 Å². The van der Waals surface area contributed by atoms with Crippen molar-refractivity contribution in [3.05, 3.63) is 12.7 Å². The number of aliphatic carboxylic acids is 3. The van der Waals surface area contributed by atoms with Crippen LogP contribution in [0.3, 0.4) is 0 Å². The molecule has 0 aromatic carbocycles. The molecule has 0 aliphatic carbocycles. The number of hydrogen-bond donors (Lipinski definition) is 2. The molecule has 0 aliphatic rings. The van der Waals surface area contributed by atoms with E-state index in [0.29, 0.717) is 43.4 Å². The zero-order valence-electron chi connectivity index (χ0n) is 21.1. The zero-order valence-corrected chi connectivity index (χ0v) is 21.1. The molecule has 0 heterocycles. The van der Waals surface area contributed by atoms with Gasteiger partial charge < -0.3 is 24.6 Å². The fourth-order valence-electron chi connectivity index (χ4n) is 4.06. The third kappa shape index (κ3) is 14.8. The van der Waals surface area contributed by atoms with E-state index in [1.54, 1.807) is 20.8 Å². The Bertz CT molecular complexity index is 532. The van der Waals surface area contributed by atoms with Gasteiger partial charge in [-0.25, -0.2) is 0 Å². The maximum atomic E-state index is 11.4. The zero-order chi connectivity index (χ0) is 25.3. The van der Waals surface area contributed by atoms with Gasteiger partial charge in [0, 0.05) is 31.1 Å². The Morgan fingerprint density at radius 2 is 1.12 bits per heavy atom. The minimum absolute atomic E-state index is 0.439. The van der Waals surface area contributed by atoms with Gasteiger partial charge in [-0.1, -0.05) is 52.5 Å². The summed E-state index contributed by atoms with van der Waals surface area (Å²) in [6.45, 7) is 11.4. The molecule has 0 amide bonds. The first-order valence-electron chi connectivity index (χ1n) is 12.7. The minimum Gasteiger partial charge on any atom is -0.550 e. The molecule has 7 heteroatoms. The van der Waals surface area contributed by atoms with Crippen LogP contribution in [0.4, 0.5) is 0 Å². The van der Waals surface area contributed by atoms with Crippen molar-refractivity contribution in [2.75, 3.05) is 26.2 Å². The lowest BCUT2D eigenvalue weighted by atomic mass is 10.0. The Hall–Kier alpha value is -1.89. The third-order valence-electron chi connectivity index (χ3n) is 6.90. The Labute approximate surface area is 200 Å². The molecule has 3 unspecified atom stereocenters. The summed E-state index contributed by atoms with van der Waals surface area (Å²) in [6, 6.07) is 0. The average molecular weight is 470 g/mol. The number of unbranched alkanes of at least 4 members (excludes halogenated alkanes) is 7. The van der Waals surface area contributed by atoms with Crippen molar-refractivity contribution >= 4 is 17.9 Å². The van der Waals surface area contributed by atoms with Crippen LogP contribution in [0.15, 0.2) is 12.7 Å². The number of carbonyl (C=O) groups excluding carboxylic acids is 1. The monoisotopic (exact) mass is 469 g/mol. The number of allylic oxidation sites excluding steroid dienone is 1. The maximum absolute atomic E-state index is 11.4. The van der Waals surface area contributed by atoms with Crippen molar-refractivity contribution in [2.45, 2.75) is 91.4 Å². The number of nitrogens with zero attached hydrogens (tertiary/aromatic N) is 1. The average Bonchev–Trinajstić information content (AvgIpc) is 2.77. The summed E-state index contributed by atoms with van der Waals surface area (Å²) in [7, 11) is 0. The van der Waals surface area contributed by atoms with E-state index in [9.17, 15) is 29.7 Å². The molecule has 0 rings (SSSR count). The number of rotatable bonds is 22. The lowest BCUT2D eigenvalue weighted by molar-refractivity contribution is -0.929. The highest BCUT2D eigenvalue weighted by Gasteiger charge is 2.30. The molecule has 2 N–H and O–H groups in total. The number of carboxylic acids is 3. The van der Waals surface area contributed by atoms with Crippen molar-refractivity contribution in [3.8, 4) is 0 Å². The first-order chi connectivity index (χ1) is 15.5. The molecule has 0 aliphatic heterocycles. The standard InChI is InChI=1S/C26H47NO6/c1-5-6-7-8-9-10-11-12-13-17-27(18-14-21(2)24(28)29,19-15-22(3)25(30)31)20-16-23(4)26(32)33/h5,21-23H,1,6-20H2,2-4H3,(H2-,28,29,30,31,32,33). The van der Waals surface area contributed by atoms with Crippen molar-refractivity contribution in [3.63, 3.8) is 0 Å². The van der Waals surface area contributed by atoms with E-state index in [1.807, 2.05) is 6.08 Å². The summed E-state index contributed by atoms with van der Waals surface area (Å²) in [5, 5.41) is 29.9. The second kappa shape index (κ2) is 17.6. The SMILES string of the molecule is C=CCCCCCCCCC[N+](CCC(C)C(=O)[O-])(CCC(C)C(=O)O)CCC(C)C(=O)O. The molecule has 0 aromatic rings. The fraction of sp³-hybridized carbons (Fsp3) is 0.808. The lowest BCUT2D eigenvalue weighted by Gasteiger charge is -2.41. The molecule has 7 nitrogen and oxygen atoms in total. The van der Waals surface area contributed by atoms with E-state index in [0.717, 1.165) is 32.2 Å². The molecule has 0 aromatic heterocycles. The highest BCUT2D eigenvalue weighted by atomic mass is 16.4. The van der Waals surface area contributed by atoms with Crippen molar-refractivity contribution in [1.29, 1.82) is 0 Å². The summed E-state index contributed by atoms with van der Waals surface area (Å²) in [6.07, 6.45) is 12.4. The largest absolute Gasteiger partial charge is 0.550 e. The maximum Gasteiger partial charge on any atom is 0.306 e. The summed E-state index contributed by atoms with van der Waals surface area (Å²) >= 11 is 0. The minimum atomic E-state index is -1.08. The van der Waals surface area contributed by atoms with Crippen LogP contribution in [0.2, 0.25) is 0 Å². The number of hydrogen-bond acceptors (Lipinski definition) is 4. The Kier molecular flexibility index (Phi) is 16.6. The predicted molar refractivity (Wildman–Crippen MR) is 128 cm³/mol. The van der Waals surface area contributed by atoms with Crippen molar-refractivity contribution in [1.82, 2.24) is 0 Å². The second-order valence-electron chi connectivity index (χ2n) is 9.85. The van der Waals surface area contributed by atoms with Gasteiger partial charge in [-0.05, 0) is 25.7 Å². The lowest BCUT2D eigenvalue weighted by Crippen LogP contribution is -2.52. The molecule has 0 saturated heterocycles. The molecular weight excluding hydrogens is 422 g/mol. The van der Waals surface area contributed by atoms with Gasteiger partial charge in [0.2, 0.25) is 0 Å². The van der Waals surface area contributed by atoms with Crippen molar-refractivity contribution in [2.24, 2.45) is 17.8 Å². The van der Waals surface area contributed by atoms with Crippen LogP contribution < -0.4 is 5.11 Å². The molecule has 3 atom stereocenters. The van der Waals surface area contributed by atoms with E-state index < -0.39 is 35.7 Å². The topological polar surface area (TPSA) is 115 Å². The molecule has 0 saturated carbocycles. The van der Waals surface area contributed by atoms with Gasteiger partial charge in [-0.3, -0.25) is 9.59 Å². The van der Waals surface area contributed by atoms with E-state index in [-0.39, 0.29) is 0 Å². The van der Waals surface area contributed by atoms with Crippen molar-refractivity contribution < 1.29 is 34.2 Å². The highest BCUT2D eigenvalue weighted by molar-refractivity contribution is 5.69. The van der Waals surface area contributed by atoms with E-state index in [2.05, 4.69) is 6.58 Å². The van der Waals surface area contributed by atoms with Gasteiger partial charge in [0.25, 0.3) is 0 Å². The van der Waals surface area contributed by atoms with Crippen LogP contribution in [0.25, 0.3) is 0 Å². The predicted octanol–water partition coefficient (Wildman–Crippen LogP) is 4.11. The number of carboxylic acid groups (broad SMARTS) is 3. The molecule has 33 heavy (non-hydrogen) atoms. The molecule has 192 valence electrons. The first kappa shape index (κ1) is 31.1. The quantitative estimate of drug-likeness (QED) is 0.140. The Morgan fingerprint density at radius 3 is 1.52 bits per heavy atom. The van der Waals surface area contributed by atoms with Gasteiger partial charge in [-0.15, -0.1) is 6.58 Å². The highest BCUT2D eigenvalue weighted by Crippen LogP contribution is 2.21. The van der Waals surface area contributed by atoms with Gasteiger partial charge in [0.15, 0.2) is 0 Å². The summed E-state index contributed by atoms with van der Waals surface area (Å²) in [5.41, 5.74) is 0. The van der Waals surface area contributed by atoms with Gasteiger partial charge >= 0.3 is 11.9 Å². The Morgan fingerprint density at radius 1 is 0.727 bits per heavy atom. The van der Waals surface area contributed by atoms with Crippen LogP contribution in [-0.2, 0) is 14.4 Å². The van der Waals surface area contributed by atoms with E-state index in [4.69, 9.17) is 0 Å². The summed E-state index contributed by atoms with van der Waals surface area (Å²) < 4.78 is 0.576. The van der Waals surface area contributed by atoms with Gasteiger partial charge in [0.05, 0.1) is 38.0 Å². The second-order valence-corrected chi connectivity index (χ2v) is 9.85. The Balaban J connectivity index is 5.12. The molecule has 0 bridgehead atoms. The number of quaternary nitrogens is 1. The van der Waals surface area contributed by atoms with E-state index in [1.165, 1.54) is 25.7 Å². The van der Waals surface area contributed by atoms with Crippen LogP contribution in [0, 0.1) is 17.8 Å². The normalized spacial score (nSPS) is 15.8. The van der Waals surface area contributed by atoms with Gasteiger partial charge in [-0.2, -0.15) is 0 Å². The van der Waals surface area contributed by atoms with Crippen LogP contribution >= 0.6 is 0 Å². The third-order valence-corrected chi connectivity index (χ3v) is 6.90. The fourth-order valence-corrected chi connectivity index (χ4v) is 4.06.